The molecule has 0 atom stereocenters. The third kappa shape index (κ3) is 4.63. The van der Waals surface area contributed by atoms with Crippen molar-refractivity contribution in [3.63, 3.8) is 0 Å². The van der Waals surface area contributed by atoms with Crippen molar-refractivity contribution in [2.75, 3.05) is 36.5 Å². The van der Waals surface area contributed by atoms with Crippen molar-refractivity contribution in [2.45, 2.75) is 13.1 Å². The van der Waals surface area contributed by atoms with Gasteiger partial charge in [-0.1, -0.05) is 30.3 Å². The zero-order valence-corrected chi connectivity index (χ0v) is 19.5. The number of anilines is 3. The molecular weight excluding hydrogens is 436 g/mol. The number of nitrogens with zero attached hydrogens (tertiary/aromatic N) is 4. The maximum absolute atomic E-state index is 5.47. The molecule has 0 bridgehead atoms. The summed E-state index contributed by atoms with van der Waals surface area (Å²) in [7, 11) is 0. The maximum Gasteiger partial charge on any atom is 0.135 e. The van der Waals surface area contributed by atoms with Crippen molar-refractivity contribution < 1.29 is 4.74 Å². The molecule has 0 amide bonds. The molecule has 0 saturated carbocycles. The summed E-state index contributed by atoms with van der Waals surface area (Å²) in [6, 6.07) is 18.9. The molecule has 6 rings (SSSR count). The number of ether oxygens (including phenoxy) is 1. The van der Waals surface area contributed by atoms with Crippen molar-refractivity contribution in [3.8, 4) is 11.1 Å². The minimum Gasteiger partial charge on any atom is -0.387 e. The van der Waals surface area contributed by atoms with E-state index in [9.17, 15) is 0 Å². The highest BCUT2D eigenvalue weighted by Gasteiger charge is 2.18. The Labute approximate surface area is 205 Å². The van der Waals surface area contributed by atoms with Gasteiger partial charge in [0, 0.05) is 60.1 Å². The lowest BCUT2D eigenvalue weighted by Crippen LogP contribution is -2.36. The van der Waals surface area contributed by atoms with Crippen LogP contribution in [0.15, 0.2) is 79.4 Å². The average Bonchev–Trinajstić information content (AvgIpc) is 3.38. The minimum absolute atomic E-state index is 0.721. The van der Waals surface area contributed by atoms with Crippen LogP contribution in [-0.4, -0.2) is 41.1 Å². The molecule has 35 heavy (non-hydrogen) atoms. The van der Waals surface area contributed by atoms with Crippen LogP contribution in [0.3, 0.4) is 0 Å². The van der Waals surface area contributed by atoms with Crippen molar-refractivity contribution in [1.29, 1.82) is 0 Å². The molecule has 0 spiro atoms. The van der Waals surface area contributed by atoms with E-state index in [-0.39, 0.29) is 0 Å². The summed E-state index contributed by atoms with van der Waals surface area (Å²) < 4.78 is 7.44. The van der Waals surface area contributed by atoms with Gasteiger partial charge in [-0.05, 0) is 47.7 Å². The number of benzene rings is 2. The summed E-state index contributed by atoms with van der Waals surface area (Å²) in [4.78, 5) is 7.18. The first-order chi connectivity index (χ1) is 17.3. The zero-order chi connectivity index (χ0) is 23.5. The fourth-order valence-corrected chi connectivity index (χ4v) is 4.65. The Morgan fingerprint density at radius 2 is 1.80 bits per heavy atom. The molecule has 4 aromatic rings. The fraction of sp³-hybridized carbons (Fsp3) is 0.214. The molecule has 2 aliphatic heterocycles. The molecule has 7 nitrogen and oxygen atoms in total. The smallest absolute Gasteiger partial charge is 0.135 e. The van der Waals surface area contributed by atoms with E-state index in [1.165, 1.54) is 16.8 Å². The molecule has 2 aromatic heterocycles. The van der Waals surface area contributed by atoms with Crippen LogP contribution in [0.2, 0.25) is 0 Å². The van der Waals surface area contributed by atoms with E-state index >= 15 is 0 Å². The molecule has 1 saturated heterocycles. The first-order valence-corrected chi connectivity index (χ1v) is 12.0. The Hall–Kier alpha value is -4.10. The van der Waals surface area contributed by atoms with Crippen LogP contribution in [0.25, 0.3) is 17.2 Å². The fourth-order valence-electron chi connectivity index (χ4n) is 4.65. The molecule has 2 N–H and O–H groups in total. The first-order valence-electron chi connectivity index (χ1n) is 12.0. The summed E-state index contributed by atoms with van der Waals surface area (Å²) >= 11 is 0. The molecule has 2 aromatic carbocycles. The van der Waals surface area contributed by atoms with Crippen LogP contribution in [0.5, 0.6) is 0 Å². The van der Waals surface area contributed by atoms with E-state index in [0.717, 1.165) is 67.6 Å². The largest absolute Gasteiger partial charge is 0.387 e. The lowest BCUT2D eigenvalue weighted by molar-refractivity contribution is 0.122. The quantitative estimate of drug-likeness (QED) is 0.433. The van der Waals surface area contributed by atoms with Gasteiger partial charge in [-0.2, -0.15) is 5.10 Å². The Balaban J connectivity index is 1.24. The van der Waals surface area contributed by atoms with Crippen LogP contribution >= 0.6 is 0 Å². The van der Waals surface area contributed by atoms with Gasteiger partial charge in [0.15, 0.2) is 0 Å². The lowest BCUT2D eigenvalue weighted by Gasteiger charge is -2.29. The first kappa shape index (κ1) is 21.4. The van der Waals surface area contributed by atoms with E-state index in [1.54, 1.807) is 0 Å². The second-order valence-electron chi connectivity index (χ2n) is 8.81. The Morgan fingerprint density at radius 3 is 2.63 bits per heavy atom. The predicted molar refractivity (Wildman–Crippen MR) is 140 cm³/mol. The highest BCUT2D eigenvalue weighted by molar-refractivity contribution is 5.80. The topological polar surface area (TPSA) is 67.2 Å². The Morgan fingerprint density at radius 1 is 0.971 bits per heavy atom. The number of fused-ring (bicyclic) bond motifs is 1. The van der Waals surface area contributed by atoms with Crippen LogP contribution in [0, 0.1) is 0 Å². The number of aromatic nitrogens is 3. The molecular formula is C28H28N6O. The van der Waals surface area contributed by atoms with E-state index in [2.05, 4.69) is 81.4 Å². The van der Waals surface area contributed by atoms with Crippen molar-refractivity contribution >= 4 is 23.3 Å². The summed E-state index contributed by atoms with van der Waals surface area (Å²) in [5.41, 5.74) is 7.95. The van der Waals surface area contributed by atoms with Gasteiger partial charge in [0.25, 0.3) is 0 Å². The van der Waals surface area contributed by atoms with Gasteiger partial charge in [0.05, 0.1) is 26.0 Å². The molecule has 0 radical (unpaired) electrons. The van der Waals surface area contributed by atoms with Crippen molar-refractivity contribution in [3.05, 3.63) is 96.1 Å². The van der Waals surface area contributed by atoms with Gasteiger partial charge in [0.2, 0.25) is 0 Å². The summed E-state index contributed by atoms with van der Waals surface area (Å²) in [5.74, 6) is 0.872. The molecule has 1 fully saturated rings. The number of pyridine rings is 1. The average molecular weight is 465 g/mol. The van der Waals surface area contributed by atoms with Crippen LogP contribution in [-0.2, 0) is 17.8 Å². The second-order valence-corrected chi connectivity index (χ2v) is 8.81. The second kappa shape index (κ2) is 9.64. The third-order valence-electron chi connectivity index (χ3n) is 6.51. The number of hydrogen-bond donors (Lipinski definition) is 2. The SMILES string of the molecule is C1=Cc2c(-c3cnn(Cc4ccccc4)c3)cnc(Nc3ccc(N4CCOCC4)cc3)c2CN1. The van der Waals surface area contributed by atoms with E-state index in [4.69, 9.17) is 9.72 Å². The summed E-state index contributed by atoms with van der Waals surface area (Å²) in [5, 5.41) is 11.5. The Bertz CT molecular complexity index is 1320. The number of hydrogen-bond acceptors (Lipinski definition) is 6. The van der Waals surface area contributed by atoms with Crippen LogP contribution in [0.4, 0.5) is 17.2 Å². The molecule has 0 aliphatic carbocycles. The van der Waals surface area contributed by atoms with Gasteiger partial charge in [-0.15, -0.1) is 0 Å². The summed E-state index contributed by atoms with van der Waals surface area (Å²) in [6.07, 6.45) is 10.1. The standard InChI is InChI=1S/C28H28N6O/c1-2-4-21(5-3-1)19-34-20-22(16-31-34)26-18-30-28(27-17-29-11-10-25(26)27)32-23-6-8-24(9-7-23)33-12-14-35-15-13-33/h1-11,16,18,20,29H,12-15,17,19H2,(H,30,32). The number of morpholine rings is 1. The monoisotopic (exact) mass is 464 g/mol. The minimum atomic E-state index is 0.721. The molecule has 0 unspecified atom stereocenters. The Kier molecular flexibility index (Phi) is 5.90. The maximum atomic E-state index is 5.47. The molecule has 176 valence electrons. The van der Waals surface area contributed by atoms with Gasteiger partial charge in [-0.3, -0.25) is 4.68 Å². The van der Waals surface area contributed by atoms with Crippen molar-refractivity contribution in [1.82, 2.24) is 20.1 Å². The molecule has 7 heteroatoms. The van der Waals surface area contributed by atoms with E-state index < -0.39 is 0 Å². The predicted octanol–water partition coefficient (Wildman–Crippen LogP) is 4.65. The van der Waals surface area contributed by atoms with Crippen LogP contribution in [0.1, 0.15) is 16.7 Å². The van der Waals surface area contributed by atoms with E-state index in [0.29, 0.717) is 0 Å². The molecule has 2 aliphatic rings. The highest BCUT2D eigenvalue weighted by atomic mass is 16.5. The van der Waals surface area contributed by atoms with Gasteiger partial charge in [-0.25, -0.2) is 4.98 Å². The highest BCUT2D eigenvalue weighted by Crippen LogP contribution is 2.33. The van der Waals surface area contributed by atoms with Gasteiger partial charge in [0.1, 0.15) is 5.82 Å². The van der Waals surface area contributed by atoms with Gasteiger partial charge >= 0.3 is 0 Å². The zero-order valence-electron chi connectivity index (χ0n) is 19.5. The van der Waals surface area contributed by atoms with Gasteiger partial charge < -0.3 is 20.3 Å². The summed E-state index contributed by atoms with van der Waals surface area (Å²) in [6.45, 7) is 4.90. The lowest BCUT2D eigenvalue weighted by atomic mass is 9.97. The normalized spacial score (nSPS) is 14.9. The number of rotatable bonds is 6. The molecule has 4 heterocycles. The third-order valence-corrected chi connectivity index (χ3v) is 6.51. The number of nitrogens with one attached hydrogen (secondary N) is 2. The van der Waals surface area contributed by atoms with Crippen molar-refractivity contribution in [2.24, 2.45) is 0 Å². The van der Waals surface area contributed by atoms with Crippen LogP contribution < -0.4 is 15.5 Å². The van der Waals surface area contributed by atoms with E-state index in [1.807, 2.05) is 29.3 Å².